The first-order valence-electron chi connectivity index (χ1n) is 6.34. The van der Waals surface area contributed by atoms with E-state index in [1.165, 1.54) is 0 Å². The molecule has 0 fully saturated rings. The highest BCUT2D eigenvalue weighted by atomic mass is 127. The molecule has 0 aromatic heterocycles. The van der Waals surface area contributed by atoms with Crippen molar-refractivity contribution < 1.29 is 4.21 Å². The van der Waals surface area contributed by atoms with Gasteiger partial charge < -0.3 is 10.6 Å². The van der Waals surface area contributed by atoms with Gasteiger partial charge in [0.1, 0.15) is 0 Å². The molecular formula is C14H24IN3OS. The molecule has 0 aliphatic heterocycles. The average molecular weight is 409 g/mol. The molecular weight excluding hydrogens is 385 g/mol. The largest absolute Gasteiger partial charge is 0.355 e. The lowest BCUT2D eigenvalue weighted by molar-refractivity contribution is 0.502. The molecule has 0 bridgehead atoms. The van der Waals surface area contributed by atoms with Crippen LogP contribution in [0.3, 0.4) is 0 Å². The molecule has 0 heterocycles. The van der Waals surface area contributed by atoms with Crippen molar-refractivity contribution in [1.82, 2.24) is 10.6 Å². The third-order valence-corrected chi connectivity index (χ3v) is 3.68. The summed E-state index contributed by atoms with van der Waals surface area (Å²) >= 11 is 0. The summed E-state index contributed by atoms with van der Waals surface area (Å²) in [6, 6.07) is 9.51. The van der Waals surface area contributed by atoms with Crippen LogP contribution in [0, 0.1) is 0 Å². The van der Waals surface area contributed by atoms with Gasteiger partial charge in [-0.25, -0.2) is 0 Å². The highest BCUT2D eigenvalue weighted by Gasteiger charge is 2.11. The topological polar surface area (TPSA) is 53.5 Å². The molecule has 0 aliphatic rings. The fourth-order valence-corrected chi connectivity index (χ4v) is 2.47. The van der Waals surface area contributed by atoms with Crippen molar-refractivity contribution in [2.75, 3.05) is 19.3 Å². The standard InChI is InChI=1S/C14H23N3OS.HI/c1-14(2,3)17-13(15-4)16-10-11-19(18)12-8-6-5-7-9-12;/h5-9H,10-11H2,1-4H3,(H2,15,16,17);1H. The maximum Gasteiger partial charge on any atom is 0.191 e. The summed E-state index contributed by atoms with van der Waals surface area (Å²) in [6.45, 7) is 6.84. The van der Waals surface area contributed by atoms with E-state index in [-0.39, 0.29) is 29.5 Å². The van der Waals surface area contributed by atoms with Crippen LogP contribution in [0.4, 0.5) is 0 Å². The van der Waals surface area contributed by atoms with Crippen LogP contribution in [0.2, 0.25) is 0 Å². The van der Waals surface area contributed by atoms with Crippen LogP contribution in [0.1, 0.15) is 20.8 Å². The van der Waals surface area contributed by atoms with E-state index in [0.717, 1.165) is 10.9 Å². The van der Waals surface area contributed by atoms with E-state index in [0.29, 0.717) is 12.3 Å². The van der Waals surface area contributed by atoms with Crippen LogP contribution in [0.5, 0.6) is 0 Å². The Balaban J connectivity index is 0.00000361. The Morgan fingerprint density at radius 2 is 1.85 bits per heavy atom. The van der Waals surface area contributed by atoms with E-state index in [9.17, 15) is 4.21 Å². The molecule has 0 spiro atoms. The highest BCUT2D eigenvalue weighted by Crippen LogP contribution is 2.04. The number of halogens is 1. The molecule has 2 N–H and O–H groups in total. The number of aliphatic imine (C=N–C) groups is 1. The van der Waals surface area contributed by atoms with E-state index >= 15 is 0 Å². The quantitative estimate of drug-likeness (QED) is 0.456. The Morgan fingerprint density at radius 3 is 2.35 bits per heavy atom. The van der Waals surface area contributed by atoms with Gasteiger partial charge in [-0.05, 0) is 32.9 Å². The number of hydrogen-bond acceptors (Lipinski definition) is 2. The number of benzene rings is 1. The zero-order valence-corrected chi connectivity index (χ0v) is 15.6. The van der Waals surface area contributed by atoms with E-state index in [1.54, 1.807) is 7.05 Å². The highest BCUT2D eigenvalue weighted by molar-refractivity contribution is 14.0. The Bertz CT molecular complexity index is 443. The van der Waals surface area contributed by atoms with Crippen molar-refractivity contribution in [1.29, 1.82) is 0 Å². The molecule has 1 rings (SSSR count). The second-order valence-electron chi connectivity index (χ2n) is 5.24. The summed E-state index contributed by atoms with van der Waals surface area (Å²) in [6.07, 6.45) is 0. The monoisotopic (exact) mass is 409 g/mol. The molecule has 1 aromatic carbocycles. The predicted octanol–water partition coefficient (Wildman–Crippen LogP) is 2.38. The van der Waals surface area contributed by atoms with Gasteiger partial charge in [0, 0.05) is 29.8 Å². The van der Waals surface area contributed by atoms with Crippen molar-refractivity contribution in [3.8, 4) is 0 Å². The maximum atomic E-state index is 12.0. The molecule has 0 amide bonds. The maximum absolute atomic E-state index is 12.0. The zero-order valence-electron chi connectivity index (χ0n) is 12.5. The van der Waals surface area contributed by atoms with E-state index in [4.69, 9.17) is 0 Å². The summed E-state index contributed by atoms with van der Waals surface area (Å²) < 4.78 is 12.0. The van der Waals surface area contributed by atoms with Crippen molar-refractivity contribution in [2.24, 2.45) is 4.99 Å². The molecule has 114 valence electrons. The second kappa shape index (κ2) is 9.33. The lowest BCUT2D eigenvalue weighted by Crippen LogP contribution is -2.48. The Hall–Kier alpha value is -0.630. The number of nitrogens with zero attached hydrogens (tertiary/aromatic N) is 1. The third-order valence-electron chi connectivity index (χ3n) is 2.30. The smallest absolute Gasteiger partial charge is 0.191 e. The average Bonchev–Trinajstić information content (AvgIpc) is 2.37. The van der Waals surface area contributed by atoms with Gasteiger partial charge in [0.2, 0.25) is 0 Å². The van der Waals surface area contributed by atoms with Gasteiger partial charge in [0.05, 0.1) is 10.8 Å². The Labute approximate surface area is 141 Å². The summed E-state index contributed by atoms with van der Waals surface area (Å²) in [7, 11) is 0.761. The van der Waals surface area contributed by atoms with Crippen LogP contribution in [-0.4, -0.2) is 35.1 Å². The zero-order chi connectivity index (χ0) is 14.3. The van der Waals surface area contributed by atoms with E-state index in [2.05, 4.69) is 36.4 Å². The fraction of sp³-hybridized carbons (Fsp3) is 0.500. The van der Waals surface area contributed by atoms with Crippen molar-refractivity contribution >= 4 is 40.7 Å². The third kappa shape index (κ3) is 7.84. The molecule has 4 nitrogen and oxygen atoms in total. The number of rotatable bonds is 4. The van der Waals surface area contributed by atoms with E-state index < -0.39 is 10.8 Å². The van der Waals surface area contributed by atoms with Gasteiger partial charge in [0.25, 0.3) is 0 Å². The lowest BCUT2D eigenvalue weighted by atomic mass is 10.1. The summed E-state index contributed by atoms with van der Waals surface area (Å²) in [4.78, 5) is 5.00. The predicted molar refractivity (Wildman–Crippen MR) is 97.4 cm³/mol. The van der Waals surface area contributed by atoms with Crippen molar-refractivity contribution in [3.63, 3.8) is 0 Å². The van der Waals surface area contributed by atoms with Gasteiger partial charge in [-0.3, -0.25) is 9.20 Å². The second-order valence-corrected chi connectivity index (χ2v) is 6.81. The molecule has 0 radical (unpaired) electrons. The van der Waals surface area contributed by atoms with Crippen LogP contribution in [0.15, 0.2) is 40.2 Å². The molecule has 6 heteroatoms. The fourth-order valence-electron chi connectivity index (χ4n) is 1.49. The molecule has 0 saturated carbocycles. The first-order chi connectivity index (χ1) is 8.92. The summed E-state index contributed by atoms with van der Waals surface area (Å²) in [5, 5.41) is 6.43. The van der Waals surface area contributed by atoms with Crippen LogP contribution >= 0.6 is 24.0 Å². The number of hydrogen-bond donors (Lipinski definition) is 2. The molecule has 1 unspecified atom stereocenters. The van der Waals surface area contributed by atoms with Gasteiger partial charge in [-0.15, -0.1) is 24.0 Å². The first-order valence-corrected chi connectivity index (χ1v) is 7.66. The molecule has 20 heavy (non-hydrogen) atoms. The minimum Gasteiger partial charge on any atom is -0.355 e. The SMILES string of the molecule is CN=C(NCCS(=O)c1ccccc1)NC(C)(C)C.I. The molecule has 1 aromatic rings. The first kappa shape index (κ1) is 19.4. The van der Waals surface area contributed by atoms with Gasteiger partial charge in [-0.1, -0.05) is 18.2 Å². The number of guanidine groups is 1. The van der Waals surface area contributed by atoms with Gasteiger partial charge >= 0.3 is 0 Å². The summed E-state index contributed by atoms with van der Waals surface area (Å²) in [5.41, 5.74) is -0.0412. The van der Waals surface area contributed by atoms with Crippen molar-refractivity contribution in [3.05, 3.63) is 30.3 Å². The summed E-state index contributed by atoms with van der Waals surface area (Å²) in [5.74, 6) is 1.30. The molecule has 0 saturated heterocycles. The normalized spacial score (nSPS) is 13.3. The minimum absolute atomic E-state index is 0. The molecule has 1 atom stereocenters. The lowest BCUT2D eigenvalue weighted by Gasteiger charge is -2.23. The minimum atomic E-state index is -0.970. The Kier molecular flexibility index (Phi) is 9.04. The van der Waals surface area contributed by atoms with Crippen LogP contribution < -0.4 is 10.6 Å². The van der Waals surface area contributed by atoms with Crippen LogP contribution in [0.25, 0.3) is 0 Å². The van der Waals surface area contributed by atoms with Gasteiger partial charge in [0.15, 0.2) is 5.96 Å². The molecule has 0 aliphatic carbocycles. The Morgan fingerprint density at radius 1 is 1.25 bits per heavy atom. The number of nitrogens with one attached hydrogen (secondary N) is 2. The van der Waals surface area contributed by atoms with E-state index in [1.807, 2.05) is 30.3 Å². The van der Waals surface area contributed by atoms with Gasteiger partial charge in [-0.2, -0.15) is 0 Å². The van der Waals surface area contributed by atoms with Crippen molar-refractivity contribution in [2.45, 2.75) is 31.2 Å². The van der Waals surface area contributed by atoms with Crippen LogP contribution in [-0.2, 0) is 10.8 Å².